The van der Waals surface area contributed by atoms with Gasteiger partial charge < -0.3 is 9.84 Å². The Morgan fingerprint density at radius 1 is 1.27 bits per heavy atom. The summed E-state index contributed by atoms with van der Waals surface area (Å²) in [6.45, 7) is 5.10. The van der Waals surface area contributed by atoms with Crippen LogP contribution in [0.4, 0.5) is 4.39 Å². The number of nitrogens with zero attached hydrogens (tertiary/aromatic N) is 5. The zero-order valence-corrected chi connectivity index (χ0v) is 18.9. The first-order valence-corrected chi connectivity index (χ1v) is 10.8. The van der Waals surface area contributed by atoms with Gasteiger partial charge in [-0.05, 0) is 44.5 Å². The van der Waals surface area contributed by atoms with Crippen molar-refractivity contribution < 1.29 is 14.2 Å². The zero-order valence-electron chi connectivity index (χ0n) is 18.1. The van der Waals surface area contributed by atoms with Crippen LogP contribution in [0.25, 0.3) is 5.69 Å². The number of hydrogen-bond acceptors (Lipinski definition) is 7. The minimum atomic E-state index is -1.13. The minimum absolute atomic E-state index is 0.0387. The highest BCUT2D eigenvalue weighted by Gasteiger charge is 2.23. The van der Waals surface area contributed by atoms with Crippen LogP contribution in [0.1, 0.15) is 35.7 Å². The van der Waals surface area contributed by atoms with Crippen LogP contribution in [-0.4, -0.2) is 24.4 Å². The normalized spacial score (nSPS) is 11.4. The summed E-state index contributed by atoms with van der Waals surface area (Å²) in [7, 11) is 0. The molecule has 0 amide bonds. The molecule has 4 rings (SSSR count). The minimum Gasteiger partial charge on any atom is -0.442 e. The second-order valence-corrected chi connectivity index (χ2v) is 8.85. The van der Waals surface area contributed by atoms with Crippen LogP contribution in [0, 0.1) is 24.1 Å². The maximum absolute atomic E-state index is 14.8. The Bertz CT molecular complexity index is 1430. The summed E-state index contributed by atoms with van der Waals surface area (Å²) in [5.74, 6) is -0.718. The lowest BCUT2D eigenvalue weighted by atomic mass is 10.1. The number of hydrogen-bond donors (Lipinski definition) is 1. The first kappa shape index (κ1) is 22.4. The summed E-state index contributed by atoms with van der Waals surface area (Å²) in [5, 5.41) is 24.3. The maximum Gasteiger partial charge on any atom is 0.350 e. The van der Waals surface area contributed by atoms with Gasteiger partial charge in [-0.2, -0.15) is 15.0 Å². The highest BCUT2D eigenvalue weighted by molar-refractivity contribution is 7.13. The van der Waals surface area contributed by atoms with E-state index in [1.54, 1.807) is 45.0 Å². The molecule has 0 aliphatic heterocycles. The van der Waals surface area contributed by atoms with E-state index in [2.05, 4.69) is 16.2 Å². The Labute approximate surface area is 192 Å². The number of benzene rings is 2. The molecule has 0 aliphatic rings. The topological polar surface area (TPSA) is 106 Å². The summed E-state index contributed by atoms with van der Waals surface area (Å²) in [6, 6.07) is 13.2. The number of aliphatic hydroxyl groups is 1. The highest BCUT2D eigenvalue weighted by Crippen LogP contribution is 2.36. The lowest BCUT2D eigenvalue weighted by molar-refractivity contribution is 0.0781. The molecule has 0 saturated heterocycles. The third-order valence-corrected chi connectivity index (χ3v) is 6.20. The molecule has 0 atom stereocenters. The molecular formula is C23H20FN5O3S. The van der Waals surface area contributed by atoms with E-state index in [-0.39, 0.29) is 18.0 Å². The average Bonchev–Trinajstić information content (AvgIpc) is 3.32. The van der Waals surface area contributed by atoms with E-state index in [0.29, 0.717) is 26.9 Å². The fourth-order valence-corrected chi connectivity index (χ4v) is 4.05. The second kappa shape index (κ2) is 8.61. The highest BCUT2D eigenvalue weighted by atomic mass is 32.1. The largest absolute Gasteiger partial charge is 0.442 e. The Morgan fingerprint density at radius 3 is 2.70 bits per heavy atom. The summed E-state index contributed by atoms with van der Waals surface area (Å²) in [6.07, 6.45) is 1.34. The van der Waals surface area contributed by atoms with Crippen LogP contribution in [0.2, 0.25) is 0 Å². The summed E-state index contributed by atoms with van der Waals surface area (Å²) in [4.78, 5) is 17.1. The van der Waals surface area contributed by atoms with Crippen molar-refractivity contribution in [2.45, 2.75) is 32.9 Å². The number of ether oxygens (including phenoxy) is 1. The number of thiazole rings is 1. The third-order valence-electron chi connectivity index (χ3n) is 4.85. The van der Waals surface area contributed by atoms with Crippen LogP contribution in [0.5, 0.6) is 10.8 Å². The van der Waals surface area contributed by atoms with E-state index in [0.717, 1.165) is 22.1 Å². The van der Waals surface area contributed by atoms with Crippen molar-refractivity contribution in [3.63, 3.8) is 0 Å². The van der Waals surface area contributed by atoms with Gasteiger partial charge in [-0.1, -0.05) is 29.5 Å². The van der Waals surface area contributed by atoms with Gasteiger partial charge >= 0.3 is 5.69 Å². The van der Waals surface area contributed by atoms with E-state index < -0.39 is 17.1 Å². The molecule has 0 bridgehead atoms. The van der Waals surface area contributed by atoms with Crippen LogP contribution in [0.15, 0.2) is 53.6 Å². The Morgan fingerprint density at radius 2 is 2.03 bits per heavy atom. The molecule has 10 heteroatoms. The van der Waals surface area contributed by atoms with Gasteiger partial charge in [-0.3, -0.25) is 4.57 Å². The lowest BCUT2D eigenvalue weighted by Crippen LogP contribution is -2.24. The number of nitriles is 1. The molecule has 0 unspecified atom stereocenters. The van der Waals surface area contributed by atoms with Crippen LogP contribution >= 0.6 is 11.3 Å². The zero-order chi connectivity index (χ0) is 23.8. The van der Waals surface area contributed by atoms with E-state index in [1.165, 1.54) is 23.0 Å². The predicted octanol–water partition coefficient (Wildman–Crippen LogP) is 3.88. The van der Waals surface area contributed by atoms with Crippen molar-refractivity contribution in [1.82, 2.24) is 19.3 Å². The van der Waals surface area contributed by atoms with Crippen molar-refractivity contribution in [2.24, 2.45) is 0 Å². The summed E-state index contributed by atoms with van der Waals surface area (Å²) in [5.41, 5.74) is 0.318. The van der Waals surface area contributed by atoms with Gasteiger partial charge in [0, 0.05) is 6.07 Å². The van der Waals surface area contributed by atoms with Gasteiger partial charge in [0.2, 0.25) is 5.06 Å². The van der Waals surface area contributed by atoms with E-state index in [9.17, 15) is 19.6 Å². The number of rotatable bonds is 6. The van der Waals surface area contributed by atoms with Crippen LogP contribution < -0.4 is 10.4 Å². The molecule has 2 aromatic heterocycles. The average molecular weight is 466 g/mol. The molecule has 0 aliphatic carbocycles. The Hall–Kier alpha value is -3.81. The van der Waals surface area contributed by atoms with Crippen molar-refractivity contribution in [3.8, 4) is 22.6 Å². The van der Waals surface area contributed by atoms with Gasteiger partial charge in [-0.25, -0.2) is 14.2 Å². The third kappa shape index (κ3) is 4.55. The van der Waals surface area contributed by atoms with Crippen molar-refractivity contribution >= 4 is 11.3 Å². The standard InChI is InChI=1S/C23H20FN5O3S/c1-14-20(33-21(27-14)23(2,3)31)32-19-9-8-17(10-18(19)24)29-22(30)28(13-26-29)12-16-7-5-4-6-15(16)11-25/h4-10,13,31H,12H2,1-3H3. The van der Waals surface area contributed by atoms with Crippen molar-refractivity contribution in [2.75, 3.05) is 0 Å². The number of aryl methyl sites for hydroxylation is 1. The molecule has 2 aromatic carbocycles. The first-order valence-electron chi connectivity index (χ1n) is 9.98. The molecule has 0 fully saturated rings. The molecule has 0 spiro atoms. The van der Waals surface area contributed by atoms with Crippen LogP contribution in [0.3, 0.4) is 0 Å². The smallest absolute Gasteiger partial charge is 0.350 e. The summed E-state index contributed by atoms with van der Waals surface area (Å²) < 4.78 is 22.9. The van der Waals surface area contributed by atoms with Gasteiger partial charge in [0.05, 0.1) is 29.6 Å². The fraction of sp³-hybridized carbons (Fsp3) is 0.217. The monoisotopic (exact) mass is 465 g/mol. The van der Waals surface area contributed by atoms with Gasteiger partial charge in [0.25, 0.3) is 0 Å². The van der Waals surface area contributed by atoms with E-state index >= 15 is 0 Å². The SMILES string of the molecule is Cc1nc(C(C)(C)O)sc1Oc1ccc(-n2ncn(Cc3ccccc3C#N)c2=O)cc1F. The van der Waals surface area contributed by atoms with E-state index in [4.69, 9.17) is 4.74 Å². The lowest BCUT2D eigenvalue weighted by Gasteiger charge is -2.12. The number of aromatic nitrogens is 4. The molecule has 4 aromatic rings. The predicted molar refractivity (Wildman–Crippen MR) is 120 cm³/mol. The van der Waals surface area contributed by atoms with Gasteiger partial charge in [0.1, 0.15) is 16.9 Å². The maximum atomic E-state index is 14.8. The van der Waals surface area contributed by atoms with Crippen molar-refractivity contribution in [3.05, 3.63) is 86.9 Å². The molecule has 0 saturated carbocycles. The summed E-state index contributed by atoms with van der Waals surface area (Å²) >= 11 is 1.14. The molecule has 168 valence electrons. The Balaban J connectivity index is 1.59. The first-order chi connectivity index (χ1) is 15.7. The Kier molecular flexibility index (Phi) is 5.84. The quantitative estimate of drug-likeness (QED) is 0.463. The second-order valence-electron chi connectivity index (χ2n) is 7.89. The molecule has 33 heavy (non-hydrogen) atoms. The fourth-order valence-electron chi connectivity index (χ4n) is 3.11. The van der Waals surface area contributed by atoms with Crippen LogP contribution in [-0.2, 0) is 12.1 Å². The van der Waals surface area contributed by atoms with Crippen molar-refractivity contribution in [1.29, 1.82) is 5.26 Å². The molecule has 1 N–H and O–H groups in total. The molecule has 2 heterocycles. The van der Waals surface area contributed by atoms with Gasteiger partial charge in [0.15, 0.2) is 11.6 Å². The number of halogens is 1. The molecular weight excluding hydrogens is 445 g/mol. The molecule has 0 radical (unpaired) electrons. The van der Waals surface area contributed by atoms with E-state index in [1.807, 2.05) is 0 Å². The van der Waals surface area contributed by atoms with Gasteiger partial charge in [-0.15, -0.1) is 0 Å². The molecule has 8 nitrogen and oxygen atoms in total.